The van der Waals surface area contributed by atoms with Crippen LogP contribution in [0.4, 0.5) is 0 Å². The smallest absolute Gasteiger partial charge is 0.119 e. The van der Waals surface area contributed by atoms with E-state index in [1.807, 2.05) is 6.07 Å². The van der Waals surface area contributed by atoms with Gasteiger partial charge in [0.1, 0.15) is 5.75 Å². The van der Waals surface area contributed by atoms with Gasteiger partial charge in [0.15, 0.2) is 0 Å². The first-order valence-electron chi connectivity index (χ1n) is 5.97. The van der Waals surface area contributed by atoms with Gasteiger partial charge < -0.3 is 4.74 Å². The monoisotopic (exact) mass is 284 g/mol. The van der Waals surface area contributed by atoms with Crippen LogP contribution in [0.25, 0.3) is 0 Å². The van der Waals surface area contributed by atoms with Crippen LogP contribution in [0.3, 0.4) is 0 Å². The molecule has 1 rings (SSSR count). The van der Waals surface area contributed by atoms with Crippen LogP contribution in [0, 0.1) is 6.92 Å². The molecule has 1 aromatic carbocycles. The predicted molar refractivity (Wildman–Crippen MR) is 73.5 cm³/mol. The molecule has 0 N–H and O–H groups in total. The van der Waals surface area contributed by atoms with Gasteiger partial charge in [-0.05, 0) is 36.6 Å². The molecule has 0 bridgehead atoms. The lowest BCUT2D eigenvalue weighted by molar-refractivity contribution is 0.414. The van der Waals surface area contributed by atoms with Gasteiger partial charge in [-0.3, -0.25) is 0 Å². The van der Waals surface area contributed by atoms with E-state index in [-0.39, 0.29) is 0 Å². The first-order valence-corrected chi connectivity index (χ1v) is 6.89. The quantitative estimate of drug-likeness (QED) is 0.526. The van der Waals surface area contributed by atoms with Crippen LogP contribution in [-0.2, 0) is 0 Å². The number of halogens is 1. The molecule has 1 unspecified atom stereocenters. The van der Waals surface area contributed by atoms with Crippen LogP contribution in [-0.4, -0.2) is 7.11 Å². The van der Waals surface area contributed by atoms with E-state index in [0.717, 1.165) is 5.75 Å². The van der Waals surface area contributed by atoms with Crippen molar-refractivity contribution in [2.75, 3.05) is 7.11 Å². The summed E-state index contributed by atoms with van der Waals surface area (Å²) in [4.78, 5) is 0.477. The molecule has 0 aromatic heterocycles. The minimum absolute atomic E-state index is 0.477. The topological polar surface area (TPSA) is 9.23 Å². The van der Waals surface area contributed by atoms with Crippen LogP contribution < -0.4 is 4.74 Å². The van der Waals surface area contributed by atoms with Gasteiger partial charge in [0, 0.05) is 4.83 Å². The summed E-state index contributed by atoms with van der Waals surface area (Å²) in [5.41, 5.74) is 2.69. The molecule has 1 aromatic rings. The van der Waals surface area contributed by atoms with Crippen molar-refractivity contribution in [1.82, 2.24) is 0 Å². The fourth-order valence-corrected chi connectivity index (χ4v) is 2.69. The number of methoxy groups -OCH3 is 1. The molecule has 0 spiro atoms. The van der Waals surface area contributed by atoms with Gasteiger partial charge in [-0.25, -0.2) is 0 Å². The maximum atomic E-state index is 5.21. The summed E-state index contributed by atoms with van der Waals surface area (Å²) < 4.78 is 5.21. The Morgan fingerprint density at radius 3 is 2.62 bits per heavy atom. The highest BCUT2D eigenvalue weighted by molar-refractivity contribution is 9.09. The van der Waals surface area contributed by atoms with Gasteiger partial charge in [-0.15, -0.1) is 0 Å². The molecular weight excluding hydrogens is 264 g/mol. The Kier molecular flexibility index (Phi) is 5.89. The largest absolute Gasteiger partial charge is 0.497 e. The summed E-state index contributed by atoms with van der Waals surface area (Å²) >= 11 is 3.77. The summed E-state index contributed by atoms with van der Waals surface area (Å²) in [5.74, 6) is 0.939. The highest BCUT2D eigenvalue weighted by Crippen LogP contribution is 2.32. The Balaban J connectivity index is 2.64. The zero-order valence-electron chi connectivity index (χ0n) is 10.4. The minimum atomic E-state index is 0.477. The van der Waals surface area contributed by atoms with E-state index in [2.05, 4.69) is 41.9 Å². The molecule has 1 nitrogen and oxygen atoms in total. The average Bonchev–Trinajstić information content (AvgIpc) is 2.29. The van der Waals surface area contributed by atoms with E-state index in [1.165, 1.54) is 36.8 Å². The highest BCUT2D eigenvalue weighted by atomic mass is 79.9. The van der Waals surface area contributed by atoms with Gasteiger partial charge in [0.2, 0.25) is 0 Å². The first-order chi connectivity index (χ1) is 7.69. The fourth-order valence-electron chi connectivity index (χ4n) is 1.86. The Labute approximate surface area is 107 Å². The lowest BCUT2D eigenvalue weighted by Crippen LogP contribution is -1.95. The zero-order valence-corrected chi connectivity index (χ0v) is 12.0. The van der Waals surface area contributed by atoms with Crippen molar-refractivity contribution in [2.24, 2.45) is 0 Å². The van der Waals surface area contributed by atoms with Gasteiger partial charge in [-0.1, -0.05) is 48.2 Å². The number of ether oxygens (including phenoxy) is 1. The second-order valence-corrected chi connectivity index (χ2v) is 5.29. The molecule has 0 saturated heterocycles. The molecule has 90 valence electrons. The molecule has 0 amide bonds. The maximum absolute atomic E-state index is 5.21. The van der Waals surface area contributed by atoms with Crippen LogP contribution in [0.15, 0.2) is 18.2 Å². The van der Waals surface area contributed by atoms with Crippen LogP contribution in [0.1, 0.15) is 48.6 Å². The van der Waals surface area contributed by atoms with Crippen molar-refractivity contribution in [2.45, 2.75) is 44.4 Å². The van der Waals surface area contributed by atoms with Crippen molar-refractivity contribution in [3.63, 3.8) is 0 Å². The molecule has 2 heteroatoms. The number of rotatable bonds is 6. The summed E-state index contributed by atoms with van der Waals surface area (Å²) in [6, 6.07) is 6.30. The summed E-state index contributed by atoms with van der Waals surface area (Å²) in [5, 5.41) is 0. The SMILES string of the molecule is CCCCCC(Br)c1ccc(OC)cc1C. The van der Waals surface area contributed by atoms with Gasteiger partial charge in [-0.2, -0.15) is 0 Å². The standard InChI is InChI=1S/C14H21BrO/c1-4-5-6-7-14(15)13-9-8-12(16-3)10-11(13)2/h8-10,14H,4-7H2,1-3H3. The van der Waals surface area contributed by atoms with Crippen molar-refractivity contribution in [1.29, 1.82) is 0 Å². The number of benzene rings is 1. The normalized spacial score (nSPS) is 12.5. The molecule has 0 saturated carbocycles. The summed E-state index contributed by atoms with van der Waals surface area (Å²) in [7, 11) is 1.71. The van der Waals surface area contributed by atoms with Gasteiger partial charge >= 0.3 is 0 Å². The second kappa shape index (κ2) is 6.95. The second-order valence-electron chi connectivity index (χ2n) is 4.19. The van der Waals surface area contributed by atoms with Crippen LogP contribution >= 0.6 is 15.9 Å². The molecule has 0 aliphatic carbocycles. The number of aryl methyl sites for hydroxylation is 1. The van der Waals surface area contributed by atoms with Crippen LogP contribution in [0.2, 0.25) is 0 Å². The van der Waals surface area contributed by atoms with Gasteiger partial charge in [0.05, 0.1) is 7.11 Å². The van der Waals surface area contributed by atoms with Crippen LogP contribution in [0.5, 0.6) is 5.75 Å². The van der Waals surface area contributed by atoms with E-state index in [1.54, 1.807) is 7.11 Å². The van der Waals surface area contributed by atoms with E-state index < -0.39 is 0 Å². The Hall–Kier alpha value is -0.500. The molecular formula is C14H21BrO. The first kappa shape index (κ1) is 13.6. The van der Waals surface area contributed by atoms with Crippen molar-refractivity contribution >= 4 is 15.9 Å². The third-order valence-electron chi connectivity index (χ3n) is 2.88. The Morgan fingerprint density at radius 1 is 1.31 bits per heavy atom. The zero-order chi connectivity index (χ0) is 12.0. The summed E-state index contributed by atoms with van der Waals surface area (Å²) in [6.07, 6.45) is 5.09. The third-order valence-corrected chi connectivity index (χ3v) is 3.83. The summed E-state index contributed by atoms with van der Waals surface area (Å²) in [6.45, 7) is 4.38. The molecule has 0 aliphatic heterocycles. The van der Waals surface area contributed by atoms with E-state index in [0.29, 0.717) is 4.83 Å². The Morgan fingerprint density at radius 2 is 2.06 bits per heavy atom. The van der Waals surface area contributed by atoms with Crippen molar-refractivity contribution in [3.05, 3.63) is 29.3 Å². The maximum Gasteiger partial charge on any atom is 0.119 e. The lowest BCUT2D eigenvalue weighted by Gasteiger charge is -2.13. The number of hydrogen-bond acceptors (Lipinski definition) is 1. The predicted octanol–water partition coefficient (Wildman–Crippen LogP) is 5.02. The number of hydrogen-bond donors (Lipinski definition) is 0. The molecule has 1 atom stereocenters. The lowest BCUT2D eigenvalue weighted by atomic mass is 10.0. The average molecular weight is 285 g/mol. The van der Waals surface area contributed by atoms with Crippen molar-refractivity contribution in [3.8, 4) is 5.75 Å². The van der Waals surface area contributed by atoms with E-state index >= 15 is 0 Å². The fraction of sp³-hybridized carbons (Fsp3) is 0.571. The van der Waals surface area contributed by atoms with E-state index in [9.17, 15) is 0 Å². The number of unbranched alkanes of at least 4 members (excludes halogenated alkanes) is 2. The molecule has 16 heavy (non-hydrogen) atoms. The van der Waals surface area contributed by atoms with Gasteiger partial charge in [0.25, 0.3) is 0 Å². The Bertz CT molecular complexity index is 323. The highest BCUT2D eigenvalue weighted by Gasteiger charge is 2.10. The molecule has 0 radical (unpaired) electrons. The molecule has 0 fully saturated rings. The number of alkyl halides is 1. The molecule has 0 heterocycles. The van der Waals surface area contributed by atoms with E-state index in [4.69, 9.17) is 4.74 Å². The minimum Gasteiger partial charge on any atom is -0.497 e. The molecule has 0 aliphatic rings. The third kappa shape index (κ3) is 3.82. The van der Waals surface area contributed by atoms with Crippen molar-refractivity contribution < 1.29 is 4.74 Å².